The first-order valence-electron chi connectivity index (χ1n) is 4.77. The number of hydrogen-bond donors (Lipinski definition) is 2. The average molecular weight is 155 g/mol. The van der Waals surface area contributed by atoms with Gasteiger partial charge < -0.3 is 10.4 Å². The summed E-state index contributed by atoms with van der Waals surface area (Å²) < 4.78 is 0. The second-order valence-corrected chi connectivity index (χ2v) is 3.96. The van der Waals surface area contributed by atoms with Crippen LogP contribution in [-0.2, 0) is 0 Å². The molecule has 2 fully saturated rings. The molecule has 0 spiro atoms. The summed E-state index contributed by atoms with van der Waals surface area (Å²) in [4.78, 5) is 0. The zero-order valence-electron chi connectivity index (χ0n) is 6.97. The first kappa shape index (κ1) is 7.56. The van der Waals surface area contributed by atoms with Crippen LogP contribution in [0, 0.1) is 0 Å². The first-order valence-corrected chi connectivity index (χ1v) is 4.77. The lowest BCUT2D eigenvalue weighted by Crippen LogP contribution is -2.56. The Bertz CT molecular complexity index is 134. The molecule has 2 aliphatic rings. The van der Waals surface area contributed by atoms with Crippen LogP contribution in [0.2, 0.25) is 0 Å². The summed E-state index contributed by atoms with van der Waals surface area (Å²) in [7, 11) is 0. The molecule has 1 aliphatic carbocycles. The molecule has 0 unspecified atom stereocenters. The summed E-state index contributed by atoms with van der Waals surface area (Å²) in [5, 5.41) is 13.5. The fourth-order valence-corrected chi connectivity index (χ4v) is 2.48. The third-order valence-electron chi connectivity index (χ3n) is 3.18. The van der Waals surface area contributed by atoms with Gasteiger partial charge in [-0.3, -0.25) is 0 Å². The molecule has 0 radical (unpaired) electrons. The average Bonchev–Trinajstić information content (AvgIpc) is 2.03. The maximum Gasteiger partial charge on any atom is 0.0800 e. The Labute approximate surface area is 68.0 Å². The van der Waals surface area contributed by atoms with Crippen molar-refractivity contribution in [1.29, 1.82) is 0 Å². The predicted octanol–water partition coefficient (Wildman–Crippen LogP) is 1.04. The summed E-state index contributed by atoms with van der Waals surface area (Å²) >= 11 is 0. The molecule has 0 aromatic rings. The van der Waals surface area contributed by atoms with Gasteiger partial charge >= 0.3 is 0 Å². The van der Waals surface area contributed by atoms with Crippen LogP contribution in [0.5, 0.6) is 0 Å². The van der Waals surface area contributed by atoms with Gasteiger partial charge in [-0.25, -0.2) is 0 Å². The maximum atomic E-state index is 10.1. The van der Waals surface area contributed by atoms with E-state index in [-0.39, 0.29) is 5.60 Å². The van der Waals surface area contributed by atoms with Gasteiger partial charge in [0.05, 0.1) is 5.60 Å². The van der Waals surface area contributed by atoms with Crippen LogP contribution < -0.4 is 5.32 Å². The highest BCUT2D eigenvalue weighted by Crippen LogP contribution is 2.34. The fraction of sp³-hybridized carbons (Fsp3) is 1.00. The van der Waals surface area contributed by atoms with Crippen LogP contribution in [0.25, 0.3) is 0 Å². The molecule has 1 saturated heterocycles. The number of hydrogen-bond acceptors (Lipinski definition) is 2. The first-order chi connectivity index (χ1) is 5.31. The zero-order chi connectivity index (χ0) is 7.73. The van der Waals surface area contributed by atoms with Gasteiger partial charge in [-0.15, -0.1) is 0 Å². The van der Waals surface area contributed by atoms with Crippen molar-refractivity contribution in [3.8, 4) is 0 Å². The minimum Gasteiger partial charge on any atom is -0.388 e. The topological polar surface area (TPSA) is 32.3 Å². The second-order valence-electron chi connectivity index (χ2n) is 3.96. The van der Waals surface area contributed by atoms with E-state index < -0.39 is 0 Å². The largest absolute Gasteiger partial charge is 0.388 e. The van der Waals surface area contributed by atoms with E-state index in [1.807, 2.05) is 0 Å². The van der Waals surface area contributed by atoms with Crippen molar-refractivity contribution in [2.24, 2.45) is 0 Å². The monoisotopic (exact) mass is 155 g/mol. The van der Waals surface area contributed by atoms with E-state index >= 15 is 0 Å². The van der Waals surface area contributed by atoms with Gasteiger partial charge in [-0.05, 0) is 32.2 Å². The molecule has 2 atom stereocenters. The highest BCUT2D eigenvalue weighted by Gasteiger charge is 2.39. The van der Waals surface area contributed by atoms with Crippen molar-refractivity contribution in [2.75, 3.05) is 6.54 Å². The van der Waals surface area contributed by atoms with E-state index in [1.54, 1.807) is 0 Å². The van der Waals surface area contributed by atoms with Crippen LogP contribution >= 0.6 is 0 Å². The molecule has 0 bridgehead atoms. The van der Waals surface area contributed by atoms with Crippen molar-refractivity contribution in [1.82, 2.24) is 5.32 Å². The Morgan fingerprint density at radius 1 is 1.18 bits per heavy atom. The number of rotatable bonds is 0. The molecule has 0 aromatic carbocycles. The summed E-state index contributed by atoms with van der Waals surface area (Å²) in [5.74, 6) is 0. The quantitative estimate of drug-likeness (QED) is 0.548. The third-order valence-corrected chi connectivity index (χ3v) is 3.18. The smallest absolute Gasteiger partial charge is 0.0800 e. The van der Waals surface area contributed by atoms with Gasteiger partial charge in [0, 0.05) is 6.04 Å². The van der Waals surface area contributed by atoms with Gasteiger partial charge in [-0.1, -0.05) is 12.8 Å². The Kier molecular flexibility index (Phi) is 1.90. The lowest BCUT2D eigenvalue weighted by Gasteiger charge is -2.44. The molecule has 2 heteroatoms. The number of piperidine rings is 1. The molecule has 2 N–H and O–H groups in total. The highest BCUT2D eigenvalue weighted by atomic mass is 16.3. The molecular weight excluding hydrogens is 138 g/mol. The Hall–Kier alpha value is -0.0800. The van der Waals surface area contributed by atoms with Crippen LogP contribution in [0.15, 0.2) is 0 Å². The van der Waals surface area contributed by atoms with E-state index in [9.17, 15) is 5.11 Å². The van der Waals surface area contributed by atoms with Crippen molar-refractivity contribution < 1.29 is 5.11 Å². The minimum atomic E-state index is -0.337. The molecular formula is C9H17NO. The van der Waals surface area contributed by atoms with Crippen LogP contribution in [-0.4, -0.2) is 23.3 Å². The summed E-state index contributed by atoms with van der Waals surface area (Å²) in [6, 6.07) is 0.407. The van der Waals surface area contributed by atoms with Crippen molar-refractivity contribution in [3.63, 3.8) is 0 Å². The van der Waals surface area contributed by atoms with Crippen LogP contribution in [0.1, 0.15) is 38.5 Å². The molecule has 0 amide bonds. The van der Waals surface area contributed by atoms with Gasteiger partial charge in [0.2, 0.25) is 0 Å². The van der Waals surface area contributed by atoms with Crippen LogP contribution in [0.4, 0.5) is 0 Å². The number of nitrogens with one attached hydrogen (secondary N) is 1. The van der Waals surface area contributed by atoms with E-state index in [0.29, 0.717) is 6.04 Å². The van der Waals surface area contributed by atoms with Gasteiger partial charge in [-0.2, -0.15) is 0 Å². The lowest BCUT2D eigenvalue weighted by atomic mass is 9.75. The fourth-order valence-electron chi connectivity index (χ4n) is 2.48. The SMILES string of the molecule is O[C@]12CCCC[C@H]1NCCC2. The van der Waals surface area contributed by atoms with Crippen molar-refractivity contribution in [3.05, 3.63) is 0 Å². The molecule has 0 aromatic heterocycles. The molecule has 64 valence electrons. The van der Waals surface area contributed by atoms with Gasteiger partial charge in [0.25, 0.3) is 0 Å². The Balaban J connectivity index is 2.06. The number of fused-ring (bicyclic) bond motifs is 1. The van der Waals surface area contributed by atoms with E-state index in [2.05, 4.69) is 5.32 Å². The van der Waals surface area contributed by atoms with E-state index in [0.717, 1.165) is 25.8 Å². The molecule has 2 rings (SSSR count). The number of aliphatic hydroxyl groups is 1. The molecule has 1 aliphatic heterocycles. The van der Waals surface area contributed by atoms with E-state index in [4.69, 9.17) is 0 Å². The lowest BCUT2D eigenvalue weighted by molar-refractivity contribution is -0.0490. The third kappa shape index (κ3) is 1.30. The van der Waals surface area contributed by atoms with Gasteiger partial charge in [0.1, 0.15) is 0 Å². The standard InChI is InChI=1S/C9H17NO/c11-9-5-2-1-4-8(9)10-7-3-6-9/h8,10-11H,1-7H2/t8-,9+/m1/s1. The molecule has 1 heterocycles. The van der Waals surface area contributed by atoms with Crippen LogP contribution in [0.3, 0.4) is 0 Å². The summed E-state index contributed by atoms with van der Waals surface area (Å²) in [6.45, 7) is 1.10. The molecule has 1 saturated carbocycles. The van der Waals surface area contributed by atoms with Gasteiger partial charge in [0.15, 0.2) is 0 Å². The summed E-state index contributed by atoms with van der Waals surface area (Å²) in [6.07, 6.45) is 6.87. The molecule has 2 nitrogen and oxygen atoms in total. The van der Waals surface area contributed by atoms with E-state index in [1.165, 1.54) is 19.3 Å². The summed E-state index contributed by atoms with van der Waals surface area (Å²) in [5.41, 5.74) is -0.337. The molecule has 11 heavy (non-hydrogen) atoms. The Morgan fingerprint density at radius 2 is 2.00 bits per heavy atom. The predicted molar refractivity (Wildman–Crippen MR) is 44.4 cm³/mol. The Morgan fingerprint density at radius 3 is 2.82 bits per heavy atom. The van der Waals surface area contributed by atoms with Crippen molar-refractivity contribution in [2.45, 2.75) is 50.2 Å². The highest BCUT2D eigenvalue weighted by molar-refractivity contribution is 4.97. The second kappa shape index (κ2) is 2.76. The van der Waals surface area contributed by atoms with Crippen molar-refractivity contribution >= 4 is 0 Å². The zero-order valence-corrected chi connectivity index (χ0v) is 6.97. The normalized spacial score (nSPS) is 45.0. The minimum absolute atomic E-state index is 0.337. The maximum absolute atomic E-state index is 10.1.